The normalized spacial score (nSPS) is 15.4. The van der Waals surface area contributed by atoms with Crippen LogP contribution in [-0.2, 0) is 9.59 Å². The third kappa shape index (κ3) is 4.75. The summed E-state index contributed by atoms with van der Waals surface area (Å²) in [6.07, 6.45) is -0.259. The van der Waals surface area contributed by atoms with Crippen molar-refractivity contribution in [2.75, 3.05) is 13.2 Å². The predicted molar refractivity (Wildman–Crippen MR) is 73.5 cm³/mol. The van der Waals surface area contributed by atoms with E-state index in [2.05, 4.69) is 0 Å². The SMILES string of the molecule is CC[C@@H](CO)NC(=O)C(F)(F)C(F)(F)C(F)(F)C(=O)N[C@@H](CC)CO. The van der Waals surface area contributed by atoms with Gasteiger partial charge in [0.05, 0.1) is 25.3 Å². The second-order valence-corrected chi connectivity index (χ2v) is 5.25. The van der Waals surface area contributed by atoms with Crippen molar-refractivity contribution in [1.29, 1.82) is 0 Å². The van der Waals surface area contributed by atoms with E-state index in [1.54, 1.807) is 0 Å². The van der Waals surface area contributed by atoms with Crippen molar-refractivity contribution < 1.29 is 46.1 Å². The van der Waals surface area contributed by atoms with E-state index in [9.17, 15) is 35.9 Å². The van der Waals surface area contributed by atoms with Gasteiger partial charge in [-0.15, -0.1) is 0 Å². The van der Waals surface area contributed by atoms with Crippen LogP contribution in [0.4, 0.5) is 26.3 Å². The third-order valence-corrected chi connectivity index (χ3v) is 3.46. The van der Waals surface area contributed by atoms with Gasteiger partial charge in [-0.1, -0.05) is 13.8 Å². The molecular formula is C13H20F6N2O4. The van der Waals surface area contributed by atoms with Gasteiger partial charge in [-0.3, -0.25) is 9.59 Å². The number of alkyl halides is 6. The van der Waals surface area contributed by atoms with Crippen LogP contribution >= 0.6 is 0 Å². The molecular weight excluding hydrogens is 362 g/mol. The Morgan fingerprint density at radius 3 is 1.28 bits per heavy atom. The minimum atomic E-state index is -6.35. The average Bonchev–Trinajstić information content (AvgIpc) is 2.56. The molecule has 0 aliphatic carbocycles. The van der Waals surface area contributed by atoms with E-state index in [1.165, 1.54) is 24.5 Å². The Labute approximate surface area is 139 Å². The molecule has 2 atom stereocenters. The van der Waals surface area contributed by atoms with E-state index in [4.69, 9.17) is 10.2 Å². The molecule has 2 amide bonds. The van der Waals surface area contributed by atoms with Crippen LogP contribution in [0.3, 0.4) is 0 Å². The highest BCUT2D eigenvalue weighted by molar-refractivity contribution is 5.90. The van der Waals surface area contributed by atoms with Crippen molar-refractivity contribution in [1.82, 2.24) is 10.6 Å². The highest BCUT2D eigenvalue weighted by Gasteiger charge is 2.78. The second-order valence-electron chi connectivity index (χ2n) is 5.25. The smallest absolute Gasteiger partial charge is 0.393 e. The number of hydrogen-bond acceptors (Lipinski definition) is 4. The van der Waals surface area contributed by atoms with Gasteiger partial charge in [0, 0.05) is 0 Å². The minimum absolute atomic E-state index is 0.130. The minimum Gasteiger partial charge on any atom is -0.394 e. The summed E-state index contributed by atoms with van der Waals surface area (Å²) in [5.41, 5.74) is 0. The van der Waals surface area contributed by atoms with Gasteiger partial charge < -0.3 is 20.8 Å². The maximum atomic E-state index is 13.7. The number of hydrogen-bond donors (Lipinski definition) is 4. The molecule has 0 rings (SSSR count). The summed E-state index contributed by atoms with van der Waals surface area (Å²) >= 11 is 0. The standard InChI is InChI=1S/C13H20F6N2O4/c1-3-7(5-22)20-9(24)11(14,15)13(18,19)12(16,17)10(25)21-8(4-2)6-23/h7-8,22-23H,3-6H2,1-2H3,(H,20,24)(H,21,25)/t7-,8-/m0/s1. The van der Waals surface area contributed by atoms with Crippen LogP contribution in [0.5, 0.6) is 0 Å². The zero-order valence-corrected chi connectivity index (χ0v) is 13.5. The number of rotatable bonds is 10. The van der Waals surface area contributed by atoms with Crippen LogP contribution in [0.15, 0.2) is 0 Å². The van der Waals surface area contributed by atoms with Crippen molar-refractivity contribution in [3.05, 3.63) is 0 Å². The Morgan fingerprint density at radius 2 is 1.08 bits per heavy atom. The van der Waals surface area contributed by atoms with E-state index in [1.807, 2.05) is 0 Å². The van der Waals surface area contributed by atoms with Gasteiger partial charge in [0.25, 0.3) is 11.8 Å². The first-order valence-corrected chi connectivity index (χ1v) is 7.30. The van der Waals surface area contributed by atoms with Crippen LogP contribution in [0, 0.1) is 0 Å². The molecule has 0 bridgehead atoms. The van der Waals surface area contributed by atoms with Gasteiger partial charge in [-0.2, -0.15) is 26.3 Å². The first-order valence-electron chi connectivity index (χ1n) is 7.30. The Hall–Kier alpha value is -1.56. The van der Waals surface area contributed by atoms with E-state index >= 15 is 0 Å². The van der Waals surface area contributed by atoms with Crippen LogP contribution in [0.25, 0.3) is 0 Å². The first kappa shape index (κ1) is 23.4. The number of aliphatic hydroxyl groups is 2. The van der Waals surface area contributed by atoms with Gasteiger partial charge in [0.2, 0.25) is 0 Å². The van der Waals surface area contributed by atoms with E-state index < -0.39 is 54.9 Å². The molecule has 0 aromatic heterocycles. The van der Waals surface area contributed by atoms with Gasteiger partial charge in [-0.05, 0) is 12.8 Å². The van der Waals surface area contributed by atoms with Gasteiger partial charge >= 0.3 is 17.8 Å². The van der Waals surface area contributed by atoms with Crippen LogP contribution < -0.4 is 10.6 Å². The topological polar surface area (TPSA) is 98.7 Å². The Morgan fingerprint density at radius 1 is 0.800 bits per heavy atom. The molecule has 0 saturated heterocycles. The maximum absolute atomic E-state index is 13.7. The number of aliphatic hydroxyl groups excluding tert-OH is 2. The van der Waals surface area contributed by atoms with Gasteiger partial charge in [0.1, 0.15) is 0 Å². The Balaban J connectivity index is 5.52. The van der Waals surface area contributed by atoms with Crippen molar-refractivity contribution in [3.63, 3.8) is 0 Å². The van der Waals surface area contributed by atoms with E-state index in [-0.39, 0.29) is 12.8 Å². The zero-order chi connectivity index (χ0) is 20.1. The lowest BCUT2D eigenvalue weighted by Gasteiger charge is -2.32. The molecule has 0 unspecified atom stereocenters. The highest BCUT2D eigenvalue weighted by Crippen LogP contribution is 2.46. The van der Waals surface area contributed by atoms with Crippen molar-refractivity contribution in [3.8, 4) is 0 Å². The molecule has 25 heavy (non-hydrogen) atoms. The monoisotopic (exact) mass is 382 g/mol. The van der Waals surface area contributed by atoms with Crippen molar-refractivity contribution in [2.45, 2.75) is 56.5 Å². The first-order chi connectivity index (χ1) is 11.3. The van der Waals surface area contributed by atoms with Crippen LogP contribution in [0.1, 0.15) is 26.7 Å². The Kier molecular flexibility index (Phi) is 8.15. The quantitative estimate of drug-likeness (QED) is 0.418. The molecule has 0 radical (unpaired) electrons. The zero-order valence-electron chi connectivity index (χ0n) is 13.5. The summed E-state index contributed by atoms with van der Waals surface area (Å²) in [4.78, 5) is 22.6. The maximum Gasteiger partial charge on any atom is 0.393 e. The number of nitrogens with one attached hydrogen (secondary N) is 2. The van der Waals surface area contributed by atoms with Crippen LogP contribution in [-0.4, -0.2) is 65.1 Å². The van der Waals surface area contributed by atoms with E-state index in [0.29, 0.717) is 0 Å². The lowest BCUT2D eigenvalue weighted by atomic mass is 10.0. The van der Waals surface area contributed by atoms with E-state index in [0.717, 1.165) is 0 Å². The molecule has 0 aliphatic rings. The summed E-state index contributed by atoms with van der Waals surface area (Å²) in [7, 11) is 0. The summed E-state index contributed by atoms with van der Waals surface area (Å²) in [6.45, 7) is 0.878. The summed E-state index contributed by atoms with van der Waals surface area (Å²) in [6, 6.07) is -2.70. The molecule has 0 aliphatic heterocycles. The number of carbonyl (C=O) groups excluding carboxylic acids is 2. The molecule has 0 spiro atoms. The largest absolute Gasteiger partial charge is 0.394 e. The second kappa shape index (κ2) is 8.70. The number of carbonyl (C=O) groups is 2. The fourth-order valence-electron chi connectivity index (χ4n) is 1.59. The Bertz CT molecular complexity index is 427. The highest BCUT2D eigenvalue weighted by atomic mass is 19.3. The predicted octanol–water partition coefficient (Wildman–Crippen LogP) is 0.666. The molecule has 6 nitrogen and oxygen atoms in total. The lowest BCUT2D eigenvalue weighted by Crippen LogP contribution is -2.66. The molecule has 0 aromatic carbocycles. The molecule has 0 heterocycles. The van der Waals surface area contributed by atoms with Crippen molar-refractivity contribution >= 4 is 11.8 Å². The third-order valence-electron chi connectivity index (χ3n) is 3.46. The fraction of sp³-hybridized carbons (Fsp3) is 0.846. The van der Waals surface area contributed by atoms with Gasteiger partial charge in [0.15, 0.2) is 0 Å². The molecule has 12 heteroatoms. The lowest BCUT2D eigenvalue weighted by molar-refractivity contribution is -0.287. The summed E-state index contributed by atoms with van der Waals surface area (Å²) < 4.78 is 81.8. The molecule has 148 valence electrons. The fourth-order valence-corrected chi connectivity index (χ4v) is 1.59. The van der Waals surface area contributed by atoms with Gasteiger partial charge in [-0.25, -0.2) is 0 Å². The number of halogens is 6. The molecule has 0 saturated carbocycles. The summed E-state index contributed by atoms with van der Waals surface area (Å²) in [5.74, 6) is -23.7. The van der Waals surface area contributed by atoms with Crippen molar-refractivity contribution in [2.24, 2.45) is 0 Å². The summed E-state index contributed by atoms with van der Waals surface area (Å²) in [5, 5.41) is 20.1. The van der Waals surface area contributed by atoms with Crippen LogP contribution in [0.2, 0.25) is 0 Å². The average molecular weight is 382 g/mol. The molecule has 0 aromatic rings. The molecule has 4 N–H and O–H groups in total. The molecule has 0 fully saturated rings. The number of amides is 2.